The summed E-state index contributed by atoms with van der Waals surface area (Å²) in [6.07, 6.45) is -5.14. The zero-order chi connectivity index (χ0) is 18.8. The van der Waals surface area contributed by atoms with Crippen LogP contribution < -0.4 is 9.80 Å². The van der Waals surface area contributed by atoms with E-state index in [1.807, 2.05) is 0 Å². The van der Waals surface area contributed by atoms with E-state index in [2.05, 4.69) is 9.97 Å². The highest BCUT2D eigenvalue weighted by Gasteiger charge is 2.56. The number of nitrogens with zero attached hydrogens (tertiary/aromatic N) is 4. The van der Waals surface area contributed by atoms with Crippen LogP contribution >= 0.6 is 0 Å². The smallest absolute Gasteiger partial charge is 0.451 e. The molecule has 2 aliphatic heterocycles. The maximum Gasteiger partial charge on any atom is 0.451 e. The van der Waals surface area contributed by atoms with Gasteiger partial charge in [0.25, 0.3) is 0 Å². The lowest BCUT2D eigenvalue weighted by Crippen LogP contribution is -2.59. The standard InChI is InChI=1S/C16H19F3N4O3/c1-7-11(24)6-23(7)13-3-12(20-15(21-13)16(17,18)19)22-4-9-8(2-14(25)26)10(9)5-22/h3,7-11,24H,2,4-6H2,1H3,(H,25,26)/t7-,8?,9?,10?,11+/m0/s1. The van der Waals surface area contributed by atoms with Crippen molar-refractivity contribution in [1.82, 2.24) is 9.97 Å². The van der Waals surface area contributed by atoms with E-state index in [-0.39, 0.29) is 48.4 Å². The van der Waals surface area contributed by atoms with Crippen LogP contribution in [0.2, 0.25) is 0 Å². The number of carbonyl (C=O) groups is 1. The Hall–Kier alpha value is -2.10. The van der Waals surface area contributed by atoms with E-state index in [1.54, 1.807) is 16.7 Å². The Morgan fingerprint density at radius 2 is 1.85 bits per heavy atom. The molecule has 0 amide bonds. The lowest BCUT2D eigenvalue weighted by molar-refractivity contribution is -0.145. The van der Waals surface area contributed by atoms with Crippen LogP contribution in [0.1, 0.15) is 19.2 Å². The summed E-state index contributed by atoms with van der Waals surface area (Å²) >= 11 is 0. The molecular formula is C16H19F3N4O3. The van der Waals surface area contributed by atoms with Gasteiger partial charge in [0.1, 0.15) is 11.6 Å². The molecule has 4 atom stereocenters. The third-order valence-electron chi connectivity index (χ3n) is 5.78. The monoisotopic (exact) mass is 372 g/mol. The Labute approximate surface area is 147 Å². The minimum absolute atomic E-state index is 0.106. The fraction of sp³-hybridized carbons (Fsp3) is 0.688. The highest BCUT2D eigenvalue weighted by Crippen LogP contribution is 2.54. The van der Waals surface area contributed by atoms with E-state index in [9.17, 15) is 23.1 Å². The van der Waals surface area contributed by atoms with E-state index in [4.69, 9.17) is 5.11 Å². The number of β-amino-alcohol motifs (C(OH)–C–C–N with tert-alkyl or cyclic N) is 1. The number of hydrogen-bond acceptors (Lipinski definition) is 6. The van der Waals surface area contributed by atoms with Gasteiger partial charge in [0, 0.05) is 32.1 Å². The molecule has 3 heterocycles. The summed E-state index contributed by atoms with van der Waals surface area (Å²) in [6.45, 7) is 2.98. The number of hydrogen-bond donors (Lipinski definition) is 2. The first-order chi connectivity index (χ1) is 12.1. The molecule has 0 radical (unpaired) electrons. The molecule has 2 saturated heterocycles. The number of aliphatic carboxylic acids is 1. The first-order valence-electron chi connectivity index (χ1n) is 8.53. The minimum atomic E-state index is -4.66. The number of alkyl halides is 3. The molecule has 3 aliphatic rings. The zero-order valence-electron chi connectivity index (χ0n) is 14.0. The van der Waals surface area contributed by atoms with Crippen molar-refractivity contribution in [2.75, 3.05) is 29.4 Å². The molecule has 0 aromatic carbocycles. The maximum atomic E-state index is 13.2. The van der Waals surface area contributed by atoms with E-state index in [1.165, 1.54) is 6.07 Å². The molecule has 1 saturated carbocycles. The number of piperidine rings is 1. The first-order valence-corrected chi connectivity index (χ1v) is 8.53. The van der Waals surface area contributed by atoms with Gasteiger partial charge >= 0.3 is 12.1 Å². The van der Waals surface area contributed by atoms with Crippen molar-refractivity contribution in [2.24, 2.45) is 17.8 Å². The lowest BCUT2D eigenvalue weighted by atomic mass is 10.0. The van der Waals surface area contributed by atoms with Gasteiger partial charge in [-0.15, -0.1) is 0 Å². The van der Waals surface area contributed by atoms with Crippen LogP contribution in [0, 0.1) is 17.8 Å². The summed E-state index contributed by atoms with van der Waals surface area (Å²) in [6, 6.07) is 1.22. The van der Waals surface area contributed by atoms with Crippen LogP contribution in [0.25, 0.3) is 0 Å². The van der Waals surface area contributed by atoms with Crippen LogP contribution in [0.15, 0.2) is 6.07 Å². The van der Waals surface area contributed by atoms with Crippen molar-refractivity contribution in [3.63, 3.8) is 0 Å². The van der Waals surface area contributed by atoms with Crippen molar-refractivity contribution in [2.45, 2.75) is 31.7 Å². The Kier molecular flexibility index (Phi) is 3.80. The van der Waals surface area contributed by atoms with Gasteiger partial charge in [0.05, 0.1) is 12.1 Å². The van der Waals surface area contributed by atoms with Crippen LogP contribution in [-0.2, 0) is 11.0 Å². The second-order valence-corrected chi connectivity index (χ2v) is 7.36. The molecule has 4 rings (SSSR count). The van der Waals surface area contributed by atoms with Crippen molar-refractivity contribution < 1.29 is 28.2 Å². The van der Waals surface area contributed by atoms with Gasteiger partial charge in [-0.05, 0) is 24.7 Å². The summed E-state index contributed by atoms with van der Waals surface area (Å²) in [7, 11) is 0. The zero-order valence-corrected chi connectivity index (χ0v) is 14.0. The average molecular weight is 372 g/mol. The number of anilines is 2. The van der Waals surface area contributed by atoms with Gasteiger partial charge in [-0.3, -0.25) is 4.79 Å². The van der Waals surface area contributed by atoms with Crippen molar-refractivity contribution >= 4 is 17.6 Å². The van der Waals surface area contributed by atoms with Crippen molar-refractivity contribution in [1.29, 1.82) is 0 Å². The van der Waals surface area contributed by atoms with Crippen LogP contribution in [0.3, 0.4) is 0 Å². The molecule has 2 unspecified atom stereocenters. The van der Waals surface area contributed by atoms with Crippen molar-refractivity contribution in [3.05, 3.63) is 11.9 Å². The van der Waals surface area contributed by atoms with E-state index in [0.717, 1.165) is 0 Å². The topological polar surface area (TPSA) is 89.8 Å². The average Bonchev–Trinajstić information content (AvgIpc) is 3.00. The SMILES string of the molecule is C[C@H]1[C@H](O)CN1c1cc(N2CC3C(CC(=O)O)C3C2)nc(C(F)(F)F)n1. The van der Waals surface area contributed by atoms with Gasteiger partial charge in [-0.2, -0.15) is 13.2 Å². The number of carboxylic acid groups (broad SMARTS) is 1. The summed E-state index contributed by atoms with van der Waals surface area (Å²) in [4.78, 5) is 21.6. The molecule has 142 valence electrons. The van der Waals surface area contributed by atoms with E-state index in [0.29, 0.717) is 13.1 Å². The molecule has 3 fully saturated rings. The second-order valence-electron chi connectivity index (χ2n) is 7.36. The summed E-state index contributed by atoms with van der Waals surface area (Å²) < 4.78 is 39.6. The second kappa shape index (κ2) is 5.70. The van der Waals surface area contributed by atoms with E-state index < -0.39 is 24.1 Å². The number of halogens is 3. The number of rotatable bonds is 4. The Bertz CT molecular complexity index is 732. The number of aliphatic hydroxyl groups excluding tert-OH is 1. The highest BCUT2D eigenvalue weighted by atomic mass is 19.4. The largest absolute Gasteiger partial charge is 0.481 e. The lowest BCUT2D eigenvalue weighted by Gasteiger charge is -2.44. The molecule has 2 N–H and O–H groups in total. The molecule has 7 nitrogen and oxygen atoms in total. The minimum Gasteiger partial charge on any atom is -0.481 e. The van der Waals surface area contributed by atoms with Gasteiger partial charge in [-0.1, -0.05) is 0 Å². The molecule has 1 aromatic heterocycles. The summed E-state index contributed by atoms with van der Waals surface area (Å²) in [5.41, 5.74) is 0. The van der Waals surface area contributed by atoms with Gasteiger partial charge < -0.3 is 20.0 Å². The fourth-order valence-electron chi connectivity index (χ4n) is 4.09. The molecule has 0 bridgehead atoms. The fourth-order valence-corrected chi connectivity index (χ4v) is 4.09. The molecule has 1 aliphatic carbocycles. The number of fused-ring (bicyclic) bond motifs is 1. The van der Waals surface area contributed by atoms with Gasteiger partial charge in [0.2, 0.25) is 5.82 Å². The summed E-state index contributed by atoms with van der Waals surface area (Å²) in [5.74, 6) is -1.17. The predicted octanol–water partition coefficient (Wildman–Crippen LogP) is 1.22. The maximum absolute atomic E-state index is 13.2. The van der Waals surface area contributed by atoms with E-state index >= 15 is 0 Å². The van der Waals surface area contributed by atoms with Crippen molar-refractivity contribution in [3.8, 4) is 0 Å². The Morgan fingerprint density at radius 1 is 1.23 bits per heavy atom. The highest BCUT2D eigenvalue weighted by molar-refractivity contribution is 5.68. The Balaban J connectivity index is 1.56. The third-order valence-corrected chi connectivity index (χ3v) is 5.78. The molecule has 10 heteroatoms. The normalized spacial score (nSPS) is 33.0. The predicted molar refractivity (Wildman–Crippen MR) is 84.8 cm³/mol. The molecule has 26 heavy (non-hydrogen) atoms. The summed E-state index contributed by atoms with van der Waals surface area (Å²) in [5, 5.41) is 18.5. The quantitative estimate of drug-likeness (QED) is 0.821. The number of aliphatic hydroxyl groups is 1. The first kappa shape index (κ1) is 17.3. The van der Waals surface area contributed by atoms with Gasteiger partial charge in [0.15, 0.2) is 0 Å². The number of carboxylic acids is 1. The van der Waals surface area contributed by atoms with Crippen LogP contribution in [-0.4, -0.2) is 57.9 Å². The number of aromatic nitrogens is 2. The van der Waals surface area contributed by atoms with Crippen LogP contribution in [0.5, 0.6) is 0 Å². The molecule has 1 aromatic rings. The molecule has 0 spiro atoms. The van der Waals surface area contributed by atoms with Crippen LogP contribution in [0.4, 0.5) is 24.8 Å². The third kappa shape index (κ3) is 2.85. The van der Waals surface area contributed by atoms with Gasteiger partial charge in [-0.25, -0.2) is 9.97 Å². The Morgan fingerprint density at radius 3 is 2.35 bits per heavy atom. The molecular weight excluding hydrogens is 353 g/mol.